The lowest BCUT2D eigenvalue weighted by Crippen LogP contribution is -2.29. The zero-order valence-corrected chi connectivity index (χ0v) is 25.6. The molecule has 4 rings (SSSR count). The number of hydrogen-bond donors (Lipinski definition) is 1. The number of carbonyl (C=O) groups excluding carboxylic acids is 3. The van der Waals surface area contributed by atoms with Crippen molar-refractivity contribution in [3.8, 4) is 17.2 Å². The van der Waals surface area contributed by atoms with Crippen LogP contribution in [0.2, 0.25) is 0 Å². The van der Waals surface area contributed by atoms with Crippen molar-refractivity contribution in [2.24, 2.45) is 0 Å². The van der Waals surface area contributed by atoms with Crippen LogP contribution in [0, 0.1) is 6.92 Å². The van der Waals surface area contributed by atoms with Crippen LogP contribution in [0.1, 0.15) is 52.3 Å². The number of unbranched alkanes of at least 4 members (excludes halogenated alkanes) is 1. The third kappa shape index (κ3) is 6.68. The number of aromatic nitrogens is 1. The lowest BCUT2D eigenvalue weighted by Gasteiger charge is -2.24. The van der Waals surface area contributed by atoms with Gasteiger partial charge in [-0.3, -0.25) is 14.5 Å². The summed E-state index contributed by atoms with van der Waals surface area (Å²) in [5.41, 5.74) is 0.929. The number of benzene rings is 2. The zero-order valence-electron chi connectivity index (χ0n) is 24.8. The summed E-state index contributed by atoms with van der Waals surface area (Å²) in [5.74, 6) is -1.46. The summed E-state index contributed by atoms with van der Waals surface area (Å²) >= 11 is 0.910. The molecule has 0 saturated carbocycles. The van der Waals surface area contributed by atoms with E-state index in [1.807, 2.05) is 0 Å². The smallest absolute Gasteiger partial charge is 0.350 e. The predicted molar refractivity (Wildman–Crippen MR) is 168 cm³/mol. The van der Waals surface area contributed by atoms with E-state index in [1.165, 1.54) is 18.1 Å². The minimum absolute atomic E-state index is 0.00147. The summed E-state index contributed by atoms with van der Waals surface area (Å²) in [6.07, 6.45) is 4.91. The first-order valence-electron chi connectivity index (χ1n) is 14.0. The molecule has 10 nitrogen and oxygen atoms in total. The third-order valence-corrected chi connectivity index (χ3v) is 7.84. The number of methoxy groups -OCH3 is 1. The number of anilines is 1. The first-order valence-corrected chi connectivity index (χ1v) is 14.8. The summed E-state index contributed by atoms with van der Waals surface area (Å²) < 4.78 is 22.1. The Bertz CT molecular complexity index is 1590. The van der Waals surface area contributed by atoms with Crippen LogP contribution in [0.4, 0.5) is 5.13 Å². The summed E-state index contributed by atoms with van der Waals surface area (Å²) in [6.45, 7) is 11.7. The highest BCUT2D eigenvalue weighted by molar-refractivity contribution is 7.17. The largest absolute Gasteiger partial charge is 0.507 e. The summed E-state index contributed by atoms with van der Waals surface area (Å²) in [4.78, 5) is 45.7. The third-order valence-electron chi connectivity index (χ3n) is 6.71. The van der Waals surface area contributed by atoms with Gasteiger partial charge in [0.1, 0.15) is 29.6 Å². The second kappa shape index (κ2) is 14.5. The predicted octanol–water partition coefficient (Wildman–Crippen LogP) is 6.17. The van der Waals surface area contributed by atoms with Crippen molar-refractivity contribution in [1.29, 1.82) is 0 Å². The number of aryl methyl sites for hydroxylation is 1. The monoisotopic (exact) mass is 618 g/mol. The molecule has 0 spiro atoms. The quantitative estimate of drug-likeness (QED) is 0.0564. The van der Waals surface area contributed by atoms with Crippen LogP contribution in [0.25, 0.3) is 5.76 Å². The lowest BCUT2D eigenvalue weighted by atomic mass is 9.95. The van der Waals surface area contributed by atoms with Crippen LogP contribution >= 0.6 is 11.3 Å². The Balaban J connectivity index is 1.85. The van der Waals surface area contributed by atoms with E-state index in [0.29, 0.717) is 40.7 Å². The van der Waals surface area contributed by atoms with Crippen molar-refractivity contribution in [2.45, 2.75) is 32.7 Å². The van der Waals surface area contributed by atoms with Gasteiger partial charge in [-0.05, 0) is 55.3 Å². The molecule has 1 aliphatic rings. The van der Waals surface area contributed by atoms with E-state index in [9.17, 15) is 19.5 Å². The van der Waals surface area contributed by atoms with Crippen LogP contribution in [-0.4, -0.2) is 54.7 Å². The van der Waals surface area contributed by atoms with Crippen LogP contribution in [0.3, 0.4) is 0 Å². The maximum Gasteiger partial charge on any atom is 0.350 e. The number of carbonyl (C=O) groups is 3. The number of ketones is 1. The van der Waals surface area contributed by atoms with Gasteiger partial charge in [0.2, 0.25) is 0 Å². The van der Waals surface area contributed by atoms with E-state index < -0.39 is 23.7 Å². The second-order valence-corrected chi connectivity index (χ2v) is 10.7. The van der Waals surface area contributed by atoms with E-state index in [4.69, 9.17) is 18.9 Å². The average Bonchev–Trinajstić information content (AvgIpc) is 3.54. The molecular weight excluding hydrogens is 584 g/mol. The van der Waals surface area contributed by atoms with Gasteiger partial charge >= 0.3 is 11.9 Å². The van der Waals surface area contributed by atoms with Crippen LogP contribution < -0.4 is 19.1 Å². The van der Waals surface area contributed by atoms with Crippen molar-refractivity contribution in [3.63, 3.8) is 0 Å². The van der Waals surface area contributed by atoms with Gasteiger partial charge in [0.25, 0.3) is 5.78 Å². The fourth-order valence-corrected chi connectivity index (χ4v) is 5.53. The molecule has 0 aliphatic carbocycles. The van der Waals surface area contributed by atoms with Gasteiger partial charge in [-0.1, -0.05) is 56.1 Å². The first kappa shape index (κ1) is 32.0. The number of thiazole rings is 1. The van der Waals surface area contributed by atoms with Gasteiger partial charge in [-0.2, -0.15) is 0 Å². The van der Waals surface area contributed by atoms with Gasteiger partial charge in [0.05, 0.1) is 31.0 Å². The Hall–Kier alpha value is -4.90. The minimum atomic E-state index is -1.11. The van der Waals surface area contributed by atoms with Gasteiger partial charge in [0.15, 0.2) is 16.6 Å². The first-order chi connectivity index (χ1) is 21.2. The standard InChI is InChI=1S/C33H34N2O8S/c1-6-9-18-41-23-13-10-21(11-14-23)28(36)26-27(22-12-15-24(42-16-7-2)25(19-22)40-5)35(31(38)29(26)37)33-34-20(4)30(44-33)32(39)43-17-8-3/h7-8,10-15,19,27,36H,2-3,6,9,16-18H2,1,4-5H3/t27-/m1/s1. The number of aliphatic hydroxyl groups is 1. The van der Waals surface area contributed by atoms with E-state index in [0.717, 1.165) is 24.2 Å². The molecule has 230 valence electrons. The molecule has 0 unspecified atom stereocenters. The molecule has 1 amide bonds. The Morgan fingerprint density at radius 2 is 1.80 bits per heavy atom. The topological polar surface area (TPSA) is 124 Å². The number of Topliss-reactive ketones (excluding diaryl/α,β-unsaturated/α-hetero) is 1. The van der Waals surface area contributed by atoms with E-state index in [1.54, 1.807) is 55.5 Å². The summed E-state index contributed by atoms with van der Waals surface area (Å²) in [6, 6.07) is 10.4. The number of amides is 1. The van der Waals surface area contributed by atoms with Crippen LogP contribution in [-0.2, 0) is 14.3 Å². The molecule has 2 heterocycles. The van der Waals surface area contributed by atoms with Gasteiger partial charge in [0, 0.05) is 5.56 Å². The molecule has 0 radical (unpaired) electrons. The van der Waals surface area contributed by atoms with E-state index in [2.05, 4.69) is 25.1 Å². The second-order valence-electron chi connectivity index (χ2n) is 9.70. The molecule has 1 aliphatic heterocycles. The van der Waals surface area contributed by atoms with Gasteiger partial charge in [-0.25, -0.2) is 9.78 Å². The van der Waals surface area contributed by atoms with Gasteiger partial charge < -0.3 is 24.1 Å². The highest BCUT2D eigenvalue weighted by atomic mass is 32.1. The molecule has 2 aromatic carbocycles. The number of rotatable bonds is 14. The van der Waals surface area contributed by atoms with Crippen molar-refractivity contribution in [3.05, 3.63) is 95.0 Å². The molecule has 3 aromatic rings. The Morgan fingerprint density at radius 1 is 1.07 bits per heavy atom. The van der Waals surface area contributed by atoms with Gasteiger partial charge in [-0.15, -0.1) is 0 Å². The molecule has 1 saturated heterocycles. The van der Waals surface area contributed by atoms with Crippen molar-refractivity contribution in [2.75, 3.05) is 31.8 Å². The van der Waals surface area contributed by atoms with Crippen molar-refractivity contribution < 1.29 is 38.4 Å². The SMILES string of the molecule is C=CCOC(=O)c1sc(N2C(=O)C(=O)C(=C(O)c3ccc(OCCCC)cc3)[C@H]2c2ccc(OCC=C)c(OC)c2)nc1C. The molecule has 44 heavy (non-hydrogen) atoms. The van der Waals surface area contributed by atoms with E-state index in [-0.39, 0.29) is 34.6 Å². The lowest BCUT2D eigenvalue weighted by molar-refractivity contribution is -0.132. The summed E-state index contributed by atoms with van der Waals surface area (Å²) in [7, 11) is 1.46. The highest BCUT2D eigenvalue weighted by Crippen LogP contribution is 2.45. The summed E-state index contributed by atoms with van der Waals surface area (Å²) in [5, 5.41) is 11.6. The molecular formula is C33H34N2O8S. The molecule has 1 atom stereocenters. The van der Waals surface area contributed by atoms with Crippen LogP contribution in [0.15, 0.2) is 73.3 Å². The van der Waals surface area contributed by atoms with Crippen molar-refractivity contribution >= 4 is 39.9 Å². The Kier molecular flexibility index (Phi) is 10.6. The van der Waals surface area contributed by atoms with E-state index >= 15 is 0 Å². The number of ether oxygens (including phenoxy) is 4. The molecule has 1 fully saturated rings. The average molecular weight is 619 g/mol. The molecule has 1 aromatic heterocycles. The maximum absolute atomic E-state index is 13.6. The maximum atomic E-state index is 13.6. The van der Waals surface area contributed by atoms with Crippen molar-refractivity contribution in [1.82, 2.24) is 4.98 Å². The number of hydrogen-bond acceptors (Lipinski definition) is 10. The fraction of sp³-hybridized carbons (Fsp3) is 0.273. The molecule has 11 heteroatoms. The molecule has 0 bridgehead atoms. The fourth-order valence-electron chi connectivity index (χ4n) is 4.54. The number of esters is 1. The number of aliphatic hydroxyl groups excluding tert-OH is 1. The Morgan fingerprint density at radius 3 is 2.45 bits per heavy atom. The molecule has 1 N–H and O–H groups in total. The number of nitrogens with zero attached hydrogens (tertiary/aromatic N) is 2. The highest BCUT2D eigenvalue weighted by Gasteiger charge is 2.48. The normalized spacial score (nSPS) is 15.6. The Labute approximate surface area is 259 Å². The zero-order chi connectivity index (χ0) is 31.8. The van der Waals surface area contributed by atoms with Crippen LogP contribution in [0.5, 0.6) is 17.2 Å². The minimum Gasteiger partial charge on any atom is -0.507 e.